The Balaban J connectivity index is 2.07. The molecule has 21 heavy (non-hydrogen) atoms. The summed E-state index contributed by atoms with van der Waals surface area (Å²) in [6.07, 6.45) is 0.435. The van der Waals surface area contributed by atoms with Crippen LogP contribution in [0.4, 0.5) is 5.69 Å². The van der Waals surface area contributed by atoms with Gasteiger partial charge < -0.3 is 10.6 Å². The highest BCUT2D eigenvalue weighted by atomic mass is 32.1. The number of benzene rings is 2. The average Bonchev–Trinajstić information content (AvgIpc) is 2.36. The predicted molar refractivity (Wildman–Crippen MR) is 92.4 cm³/mol. The first-order valence-electron chi connectivity index (χ1n) is 6.94. The van der Waals surface area contributed by atoms with E-state index >= 15 is 0 Å². The summed E-state index contributed by atoms with van der Waals surface area (Å²) < 4.78 is 0. The van der Waals surface area contributed by atoms with Gasteiger partial charge in [0, 0.05) is 17.5 Å². The molecule has 2 aromatic rings. The molecule has 1 amide bonds. The molecular weight excluding hydrogens is 280 g/mol. The lowest BCUT2D eigenvalue weighted by atomic mass is 9.92. The van der Waals surface area contributed by atoms with Crippen molar-refractivity contribution in [3.63, 3.8) is 0 Å². The maximum atomic E-state index is 11.9. The Kier molecular flexibility index (Phi) is 4.58. The highest BCUT2D eigenvalue weighted by Crippen LogP contribution is 2.23. The fourth-order valence-corrected chi connectivity index (χ4v) is 2.36. The van der Waals surface area contributed by atoms with Crippen LogP contribution in [-0.2, 0) is 4.79 Å². The van der Waals surface area contributed by atoms with E-state index in [9.17, 15) is 4.79 Å². The van der Waals surface area contributed by atoms with E-state index in [-0.39, 0.29) is 11.3 Å². The summed E-state index contributed by atoms with van der Waals surface area (Å²) in [4.78, 5) is 11.9. The van der Waals surface area contributed by atoms with Crippen LogP contribution in [0.25, 0.3) is 10.8 Å². The molecule has 2 N–H and O–H groups in total. The fourth-order valence-electron chi connectivity index (χ4n) is 2.14. The van der Waals surface area contributed by atoms with E-state index in [1.54, 1.807) is 0 Å². The highest BCUT2D eigenvalue weighted by molar-refractivity contribution is 7.80. The van der Waals surface area contributed by atoms with Crippen molar-refractivity contribution < 1.29 is 4.79 Å². The quantitative estimate of drug-likeness (QED) is 0.821. The molecule has 2 rings (SSSR count). The topological polar surface area (TPSA) is 41.1 Å². The van der Waals surface area contributed by atoms with Gasteiger partial charge in [0.25, 0.3) is 0 Å². The number of rotatable bonds is 2. The lowest BCUT2D eigenvalue weighted by Crippen LogP contribution is -2.36. The fraction of sp³-hybridized carbons (Fsp3) is 0.294. The minimum atomic E-state index is -0.0692. The molecular formula is C17H20N2OS. The molecule has 0 aromatic heterocycles. The lowest BCUT2D eigenvalue weighted by molar-refractivity contribution is -0.121. The van der Waals surface area contributed by atoms with Crippen LogP contribution in [0.15, 0.2) is 42.5 Å². The molecule has 0 unspecified atom stereocenters. The maximum Gasteiger partial charge on any atom is 0.226 e. The Morgan fingerprint density at radius 1 is 1.10 bits per heavy atom. The molecule has 0 aliphatic rings. The zero-order valence-corrected chi connectivity index (χ0v) is 13.4. The molecule has 110 valence electrons. The van der Waals surface area contributed by atoms with Crippen LogP contribution in [0.5, 0.6) is 0 Å². The van der Waals surface area contributed by atoms with E-state index in [0.717, 1.165) is 16.5 Å². The summed E-state index contributed by atoms with van der Waals surface area (Å²) in [5, 5.41) is 8.37. The van der Waals surface area contributed by atoms with Gasteiger partial charge in [-0.05, 0) is 29.1 Å². The Bertz CT molecular complexity index is 669. The molecule has 0 saturated carbocycles. The van der Waals surface area contributed by atoms with Crippen LogP contribution in [0.2, 0.25) is 0 Å². The number of thiocarbonyl (C=S) groups is 1. The number of carbonyl (C=O) groups excluding carboxylic acids is 1. The van der Waals surface area contributed by atoms with Crippen LogP contribution >= 0.6 is 12.2 Å². The van der Waals surface area contributed by atoms with Crippen molar-refractivity contribution in [3.05, 3.63) is 42.5 Å². The van der Waals surface area contributed by atoms with Crippen molar-refractivity contribution in [2.24, 2.45) is 5.41 Å². The largest absolute Gasteiger partial charge is 0.332 e. The number of anilines is 1. The molecule has 0 atom stereocenters. The third-order valence-corrected chi connectivity index (χ3v) is 3.19. The molecule has 0 heterocycles. The van der Waals surface area contributed by atoms with Gasteiger partial charge in [-0.3, -0.25) is 4.79 Å². The van der Waals surface area contributed by atoms with Gasteiger partial charge in [0.15, 0.2) is 5.11 Å². The minimum absolute atomic E-state index is 0.0564. The number of carbonyl (C=O) groups is 1. The second-order valence-electron chi connectivity index (χ2n) is 6.27. The van der Waals surface area contributed by atoms with E-state index in [0.29, 0.717) is 11.5 Å². The summed E-state index contributed by atoms with van der Waals surface area (Å²) in [6, 6.07) is 14.0. The van der Waals surface area contributed by atoms with Gasteiger partial charge in [-0.2, -0.15) is 0 Å². The van der Waals surface area contributed by atoms with Crippen LogP contribution in [0.1, 0.15) is 27.2 Å². The minimum Gasteiger partial charge on any atom is -0.332 e. The molecule has 0 aliphatic carbocycles. The average molecular weight is 300 g/mol. The van der Waals surface area contributed by atoms with Gasteiger partial charge in [-0.15, -0.1) is 0 Å². The monoisotopic (exact) mass is 300 g/mol. The number of amides is 1. The summed E-state index contributed by atoms with van der Waals surface area (Å²) in [5.41, 5.74) is 0.841. The lowest BCUT2D eigenvalue weighted by Gasteiger charge is -2.18. The second-order valence-corrected chi connectivity index (χ2v) is 6.67. The van der Waals surface area contributed by atoms with Crippen molar-refractivity contribution >= 4 is 39.7 Å². The molecule has 0 bridgehead atoms. The Morgan fingerprint density at radius 3 is 2.48 bits per heavy atom. The van der Waals surface area contributed by atoms with Crippen LogP contribution in [0, 0.1) is 5.41 Å². The third-order valence-electron chi connectivity index (χ3n) is 2.98. The summed E-state index contributed by atoms with van der Waals surface area (Å²) in [7, 11) is 0. The first-order valence-corrected chi connectivity index (χ1v) is 7.34. The van der Waals surface area contributed by atoms with Crippen molar-refractivity contribution in [2.45, 2.75) is 27.2 Å². The highest BCUT2D eigenvalue weighted by Gasteiger charge is 2.16. The Morgan fingerprint density at radius 2 is 1.76 bits per heavy atom. The van der Waals surface area contributed by atoms with Crippen molar-refractivity contribution in [3.8, 4) is 0 Å². The van der Waals surface area contributed by atoms with Gasteiger partial charge in [0.1, 0.15) is 0 Å². The number of nitrogens with one attached hydrogen (secondary N) is 2. The SMILES string of the molecule is CC(C)(C)CC(=O)NC(=S)Nc1cccc2ccccc12. The van der Waals surface area contributed by atoms with Crippen molar-refractivity contribution in [1.82, 2.24) is 5.32 Å². The third kappa shape index (κ3) is 4.53. The first kappa shape index (κ1) is 15.4. The summed E-state index contributed by atoms with van der Waals surface area (Å²) in [5.74, 6) is -0.0692. The van der Waals surface area contributed by atoms with Crippen molar-refractivity contribution in [1.29, 1.82) is 0 Å². The molecule has 0 fully saturated rings. The van der Waals surface area contributed by atoms with Crippen LogP contribution in [-0.4, -0.2) is 11.0 Å². The van der Waals surface area contributed by atoms with Gasteiger partial charge in [0.2, 0.25) is 5.91 Å². The molecule has 2 aromatic carbocycles. The molecule has 0 saturated heterocycles. The first-order chi connectivity index (χ1) is 9.85. The van der Waals surface area contributed by atoms with Gasteiger partial charge in [-0.1, -0.05) is 57.2 Å². The number of hydrogen-bond donors (Lipinski definition) is 2. The Hall–Kier alpha value is -1.94. The normalized spacial score (nSPS) is 11.2. The molecule has 4 heteroatoms. The van der Waals surface area contributed by atoms with E-state index < -0.39 is 0 Å². The van der Waals surface area contributed by atoms with Gasteiger partial charge in [-0.25, -0.2) is 0 Å². The smallest absolute Gasteiger partial charge is 0.226 e. The second kappa shape index (κ2) is 6.22. The van der Waals surface area contributed by atoms with Crippen molar-refractivity contribution in [2.75, 3.05) is 5.32 Å². The summed E-state index contributed by atoms with van der Waals surface area (Å²) in [6.45, 7) is 6.06. The maximum absolute atomic E-state index is 11.9. The number of hydrogen-bond acceptors (Lipinski definition) is 2. The van der Waals surface area contributed by atoms with Crippen LogP contribution in [0.3, 0.4) is 0 Å². The van der Waals surface area contributed by atoms with E-state index in [1.165, 1.54) is 0 Å². The number of fused-ring (bicyclic) bond motifs is 1. The molecule has 0 radical (unpaired) electrons. The zero-order chi connectivity index (χ0) is 15.5. The molecule has 0 spiro atoms. The summed E-state index contributed by atoms with van der Waals surface area (Å²) >= 11 is 5.22. The van der Waals surface area contributed by atoms with Gasteiger partial charge in [0.05, 0.1) is 0 Å². The molecule has 3 nitrogen and oxygen atoms in total. The van der Waals surface area contributed by atoms with Gasteiger partial charge >= 0.3 is 0 Å². The predicted octanol–water partition coefficient (Wildman–Crippen LogP) is 4.09. The van der Waals surface area contributed by atoms with E-state index in [4.69, 9.17) is 12.2 Å². The van der Waals surface area contributed by atoms with E-state index in [1.807, 2.05) is 63.2 Å². The standard InChI is InChI=1S/C17H20N2OS/c1-17(2,3)11-15(20)19-16(21)18-14-10-6-8-12-7-4-5-9-13(12)14/h4-10H,11H2,1-3H3,(H2,18,19,20,21). The Labute approximate surface area is 130 Å². The van der Waals surface area contributed by atoms with Crippen LogP contribution < -0.4 is 10.6 Å². The zero-order valence-electron chi connectivity index (χ0n) is 12.6. The van der Waals surface area contributed by atoms with E-state index in [2.05, 4.69) is 10.6 Å². The molecule has 0 aliphatic heterocycles.